The summed E-state index contributed by atoms with van der Waals surface area (Å²) in [6.45, 7) is 2.07. The van der Waals surface area contributed by atoms with Gasteiger partial charge >= 0.3 is 5.69 Å². The molecule has 1 aliphatic heterocycles. The molecule has 2 atom stereocenters. The van der Waals surface area contributed by atoms with Crippen molar-refractivity contribution in [3.05, 3.63) is 68.6 Å². The first kappa shape index (κ1) is 23.0. The van der Waals surface area contributed by atoms with Gasteiger partial charge in [0, 0.05) is 24.7 Å². The standard InChI is InChI=1S/C23H24N6O5S/c1-13-18-20(32)28(15-8-11-26(2)19(15)31)23(33)27(22(18)35-21(13)29-24-9-10-25-29)12-16(30)14-6-4-5-7-17(14)34-3/h4-7,9-10,15-16,30H,8,11-12H2,1-3H3. The van der Waals surface area contributed by atoms with Gasteiger partial charge in [-0.3, -0.25) is 14.2 Å². The van der Waals surface area contributed by atoms with Gasteiger partial charge in [-0.2, -0.15) is 10.2 Å². The van der Waals surface area contributed by atoms with Crippen LogP contribution in [0, 0.1) is 6.92 Å². The predicted molar refractivity (Wildman–Crippen MR) is 129 cm³/mol. The maximum absolute atomic E-state index is 13.8. The minimum absolute atomic E-state index is 0.140. The summed E-state index contributed by atoms with van der Waals surface area (Å²) in [6.07, 6.45) is 2.29. The number of methoxy groups -OCH3 is 1. The van der Waals surface area contributed by atoms with Crippen LogP contribution in [-0.4, -0.2) is 60.7 Å². The lowest BCUT2D eigenvalue weighted by atomic mass is 10.1. The van der Waals surface area contributed by atoms with E-state index in [4.69, 9.17) is 4.74 Å². The monoisotopic (exact) mass is 496 g/mol. The molecule has 4 heterocycles. The summed E-state index contributed by atoms with van der Waals surface area (Å²) in [5, 5.41) is 20.3. The number of carbonyl (C=O) groups excluding carboxylic acids is 1. The van der Waals surface area contributed by atoms with E-state index in [1.54, 1.807) is 38.2 Å². The second-order valence-electron chi connectivity index (χ2n) is 8.42. The van der Waals surface area contributed by atoms with E-state index in [0.29, 0.717) is 45.1 Å². The molecule has 11 nitrogen and oxygen atoms in total. The number of fused-ring (bicyclic) bond motifs is 1. The van der Waals surface area contributed by atoms with Crippen LogP contribution in [0.4, 0.5) is 0 Å². The third kappa shape index (κ3) is 3.65. The quantitative estimate of drug-likeness (QED) is 0.426. The molecule has 0 radical (unpaired) electrons. The number of amides is 1. The third-order valence-electron chi connectivity index (χ3n) is 6.38. The molecule has 1 saturated heterocycles. The number of aliphatic hydroxyl groups is 1. The van der Waals surface area contributed by atoms with Gasteiger partial charge in [0.2, 0.25) is 5.91 Å². The number of para-hydroxylation sites is 1. The van der Waals surface area contributed by atoms with Crippen LogP contribution >= 0.6 is 11.3 Å². The number of aliphatic hydroxyl groups excluding tert-OH is 1. The highest BCUT2D eigenvalue weighted by Gasteiger charge is 2.35. The normalized spacial score (nSPS) is 16.9. The van der Waals surface area contributed by atoms with E-state index >= 15 is 0 Å². The topological polar surface area (TPSA) is 124 Å². The van der Waals surface area contributed by atoms with Crippen molar-refractivity contribution >= 4 is 27.5 Å². The Morgan fingerprint density at radius 2 is 1.91 bits per heavy atom. The van der Waals surface area contributed by atoms with Crippen molar-refractivity contribution in [1.29, 1.82) is 0 Å². The number of aryl methyl sites for hydroxylation is 1. The first-order valence-electron chi connectivity index (χ1n) is 11.0. The molecule has 1 amide bonds. The summed E-state index contributed by atoms with van der Waals surface area (Å²) in [7, 11) is 3.15. The highest BCUT2D eigenvalue weighted by Crippen LogP contribution is 2.33. The van der Waals surface area contributed by atoms with E-state index in [1.165, 1.54) is 45.1 Å². The fourth-order valence-corrected chi connectivity index (χ4v) is 5.78. The van der Waals surface area contributed by atoms with Crippen LogP contribution in [0.25, 0.3) is 15.2 Å². The zero-order valence-electron chi connectivity index (χ0n) is 19.4. The van der Waals surface area contributed by atoms with E-state index in [9.17, 15) is 19.5 Å². The second-order valence-corrected chi connectivity index (χ2v) is 9.40. The van der Waals surface area contributed by atoms with Gasteiger partial charge in [-0.15, -0.1) is 4.80 Å². The first-order valence-corrected chi connectivity index (χ1v) is 11.9. The molecule has 0 aliphatic carbocycles. The summed E-state index contributed by atoms with van der Waals surface area (Å²) in [5.41, 5.74) is -0.0776. The number of hydrogen-bond donors (Lipinski definition) is 1. The van der Waals surface area contributed by atoms with E-state index in [-0.39, 0.29) is 12.5 Å². The minimum Gasteiger partial charge on any atom is -0.496 e. The van der Waals surface area contributed by atoms with E-state index < -0.39 is 23.4 Å². The Labute approximate surface area is 203 Å². The molecular weight excluding hydrogens is 472 g/mol. The van der Waals surface area contributed by atoms with Crippen molar-refractivity contribution in [2.24, 2.45) is 0 Å². The Morgan fingerprint density at radius 1 is 1.20 bits per heavy atom. The summed E-state index contributed by atoms with van der Waals surface area (Å²) in [4.78, 5) is 43.5. The van der Waals surface area contributed by atoms with Crippen molar-refractivity contribution in [2.45, 2.75) is 32.0 Å². The molecule has 5 rings (SSSR count). The lowest BCUT2D eigenvalue weighted by Crippen LogP contribution is -2.44. The number of rotatable bonds is 6. The largest absolute Gasteiger partial charge is 0.496 e. The van der Waals surface area contributed by atoms with Gasteiger partial charge in [0.05, 0.1) is 31.4 Å². The Hall–Kier alpha value is -3.77. The fourth-order valence-electron chi connectivity index (χ4n) is 4.56. The molecular formula is C23H24N6O5S. The fraction of sp³-hybridized carbons (Fsp3) is 0.348. The SMILES string of the molecule is COc1ccccc1C(O)Cn1c(=O)n(C2CCN(C)C2=O)c(=O)c2c(C)c(-n3nccn3)sc21. The molecule has 0 saturated carbocycles. The molecule has 182 valence electrons. The van der Waals surface area contributed by atoms with Gasteiger partial charge in [-0.25, -0.2) is 9.36 Å². The molecule has 2 unspecified atom stereocenters. The number of hydrogen-bond acceptors (Lipinski definition) is 8. The Bertz CT molecular complexity index is 1540. The maximum atomic E-state index is 13.8. The van der Waals surface area contributed by atoms with Crippen molar-refractivity contribution < 1.29 is 14.6 Å². The van der Waals surface area contributed by atoms with Gasteiger partial charge in [0.25, 0.3) is 5.56 Å². The van der Waals surface area contributed by atoms with Crippen LogP contribution < -0.4 is 16.0 Å². The highest BCUT2D eigenvalue weighted by atomic mass is 32.1. The van der Waals surface area contributed by atoms with E-state index in [1.807, 2.05) is 0 Å². The van der Waals surface area contributed by atoms with Gasteiger partial charge in [0.1, 0.15) is 27.7 Å². The number of likely N-dealkylation sites (tertiary alicyclic amines) is 1. The third-order valence-corrected chi connectivity index (χ3v) is 7.66. The number of thiophene rings is 1. The Kier molecular flexibility index (Phi) is 5.77. The van der Waals surface area contributed by atoms with E-state index in [0.717, 1.165) is 4.57 Å². The number of aromatic nitrogens is 5. The summed E-state index contributed by atoms with van der Waals surface area (Å²) in [6, 6.07) is 6.10. The summed E-state index contributed by atoms with van der Waals surface area (Å²) < 4.78 is 7.77. The van der Waals surface area contributed by atoms with Gasteiger partial charge in [-0.05, 0) is 19.4 Å². The van der Waals surface area contributed by atoms with Crippen molar-refractivity contribution in [2.75, 3.05) is 20.7 Å². The van der Waals surface area contributed by atoms with Crippen LogP contribution in [0.1, 0.15) is 29.7 Å². The predicted octanol–water partition coefficient (Wildman–Crippen LogP) is 1.26. The highest BCUT2D eigenvalue weighted by molar-refractivity contribution is 7.21. The number of carbonyl (C=O) groups is 1. The zero-order chi connectivity index (χ0) is 24.9. The molecule has 0 bridgehead atoms. The molecule has 4 aromatic rings. The first-order chi connectivity index (χ1) is 16.8. The molecule has 1 aromatic carbocycles. The van der Waals surface area contributed by atoms with Crippen LogP contribution in [0.15, 0.2) is 46.2 Å². The molecule has 1 aliphatic rings. The van der Waals surface area contributed by atoms with Crippen LogP contribution in [0.5, 0.6) is 5.75 Å². The second kappa shape index (κ2) is 8.78. The summed E-state index contributed by atoms with van der Waals surface area (Å²) >= 11 is 1.19. The van der Waals surface area contributed by atoms with E-state index in [2.05, 4.69) is 10.2 Å². The molecule has 1 fully saturated rings. The average Bonchev–Trinajstić information content (AvgIpc) is 3.58. The van der Waals surface area contributed by atoms with Gasteiger partial charge in [0.15, 0.2) is 0 Å². The Balaban J connectivity index is 1.75. The average molecular weight is 497 g/mol. The molecule has 35 heavy (non-hydrogen) atoms. The van der Waals surface area contributed by atoms with Gasteiger partial charge in [-0.1, -0.05) is 29.5 Å². The maximum Gasteiger partial charge on any atom is 0.332 e. The molecule has 0 spiro atoms. The molecule has 3 aromatic heterocycles. The Morgan fingerprint density at radius 3 is 2.57 bits per heavy atom. The van der Waals surface area contributed by atoms with Crippen molar-refractivity contribution in [3.8, 4) is 10.8 Å². The molecule has 12 heteroatoms. The minimum atomic E-state index is -1.10. The van der Waals surface area contributed by atoms with Crippen molar-refractivity contribution in [3.63, 3.8) is 0 Å². The smallest absolute Gasteiger partial charge is 0.332 e. The van der Waals surface area contributed by atoms with Crippen LogP contribution in [0.2, 0.25) is 0 Å². The number of likely N-dealkylation sites (N-methyl/N-ethyl adjacent to an activating group) is 1. The number of benzene rings is 1. The van der Waals surface area contributed by atoms with Crippen LogP contribution in [0.3, 0.4) is 0 Å². The zero-order valence-corrected chi connectivity index (χ0v) is 20.2. The lowest BCUT2D eigenvalue weighted by molar-refractivity contribution is -0.129. The van der Waals surface area contributed by atoms with Gasteiger partial charge < -0.3 is 14.7 Å². The number of nitrogens with zero attached hydrogens (tertiary/aromatic N) is 6. The number of ether oxygens (including phenoxy) is 1. The summed E-state index contributed by atoms with van der Waals surface area (Å²) in [5.74, 6) is 0.191. The lowest BCUT2D eigenvalue weighted by Gasteiger charge is -2.19. The van der Waals surface area contributed by atoms with Crippen LogP contribution in [-0.2, 0) is 11.3 Å². The molecule has 1 N–H and O–H groups in total. The van der Waals surface area contributed by atoms with Crippen molar-refractivity contribution in [1.82, 2.24) is 29.0 Å².